The first kappa shape index (κ1) is 11.1. The van der Waals surface area contributed by atoms with Crippen molar-refractivity contribution in [3.05, 3.63) is 65.2 Å². The zero-order valence-electron chi connectivity index (χ0n) is 9.59. The Kier molecular flexibility index (Phi) is 3.32. The van der Waals surface area contributed by atoms with Gasteiger partial charge in [-0.05, 0) is 42.3 Å². The van der Waals surface area contributed by atoms with E-state index in [1.807, 2.05) is 36.5 Å². The Morgan fingerprint density at radius 1 is 1.06 bits per heavy atom. The Bertz CT molecular complexity index is 575. The predicted octanol–water partition coefficient (Wildman–Crippen LogP) is 3.62. The van der Waals surface area contributed by atoms with E-state index in [1.54, 1.807) is 12.1 Å². The van der Waals surface area contributed by atoms with E-state index in [1.165, 1.54) is 5.56 Å². The number of aryl methyl sites for hydroxylation is 1. The van der Waals surface area contributed by atoms with Gasteiger partial charge in [0.2, 0.25) is 0 Å². The number of hydrogen-bond acceptors (Lipinski definition) is 2. The molecular weight excluding hydrogens is 208 g/mol. The van der Waals surface area contributed by atoms with Gasteiger partial charge in [0, 0.05) is 6.21 Å². The van der Waals surface area contributed by atoms with Crippen LogP contribution in [0.3, 0.4) is 0 Å². The average Bonchev–Trinajstić information content (AvgIpc) is 2.38. The molecule has 0 aliphatic carbocycles. The fourth-order valence-corrected chi connectivity index (χ4v) is 1.50. The molecule has 0 radical (unpaired) electrons. The molecule has 0 heterocycles. The number of hydrogen-bond donors (Lipinski definition) is 0. The minimum absolute atomic E-state index is 0.653. The van der Waals surface area contributed by atoms with Crippen LogP contribution in [-0.2, 0) is 0 Å². The molecule has 2 aromatic carbocycles. The van der Waals surface area contributed by atoms with Crippen molar-refractivity contribution in [1.82, 2.24) is 0 Å². The molecule has 0 aliphatic heterocycles. The highest BCUT2D eigenvalue weighted by Crippen LogP contribution is 2.13. The summed E-state index contributed by atoms with van der Waals surface area (Å²) in [6.07, 6.45) is 1.84. The van der Waals surface area contributed by atoms with E-state index in [2.05, 4.69) is 24.1 Å². The van der Waals surface area contributed by atoms with E-state index >= 15 is 0 Å². The number of aliphatic imine (C=N–C) groups is 1. The van der Waals surface area contributed by atoms with E-state index in [0.29, 0.717) is 5.56 Å². The molecule has 2 nitrogen and oxygen atoms in total. The van der Waals surface area contributed by atoms with Gasteiger partial charge in [-0.1, -0.05) is 24.3 Å². The SMILES string of the molecule is Cc1ccccc1/C=N/c1ccc(C#N)cc1. The Morgan fingerprint density at radius 3 is 2.41 bits per heavy atom. The lowest BCUT2D eigenvalue weighted by molar-refractivity contribution is 1.43. The highest BCUT2D eigenvalue weighted by Gasteiger charge is 1.93. The predicted molar refractivity (Wildman–Crippen MR) is 69.6 cm³/mol. The summed E-state index contributed by atoms with van der Waals surface area (Å²) in [7, 11) is 0. The van der Waals surface area contributed by atoms with Crippen LogP contribution in [0.15, 0.2) is 53.5 Å². The van der Waals surface area contributed by atoms with Crippen LogP contribution in [0.5, 0.6) is 0 Å². The second-order valence-corrected chi connectivity index (χ2v) is 3.77. The summed E-state index contributed by atoms with van der Waals surface area (Å²) in [5, 5.41) is 8.68. The first-order chi connectivity index (χ1) is 8.29. The number of nitriles is 1. The number of nitrogens with zero attached hydrogens (tertiary/aromatic N) is 2. The normalized spacial score (nSPS) is 10.4. The van der Waals surface area contributed by atoms with Gasteiger partial charge in [-0.25, -0.2) is 0 Å². The van der Waals surface area contributed by atoms with Crippen LogP contribution >= 0.6 is 0 Å². The summed E-state index contributed by atoms with van der Waals surface area (Å²) in [5.41, 5.74) is 3.81. The average molecular weight is 220 g/mol. The lowest BCUT2D eigenvalue weighted by Crippen LogP contribution is -1.84. The van der Waals surface area contributed by atoms with Gasteiger partial charge in [-0.15, -0.1) is 0 Å². The molecular formula is C15H12N2. The summed E-state index contributed by atoms with van der Waals surface area (Å²) >= 11 is 0. The van der Waals surface area contributed by atoms with Crippen molar-refractivity contribution >= 4 is 11.9 Å². The Balaban J connectivity index is 2.21. The lowest BCUT2D eigenvalue weighted by Gasteiger charge is -1.98. The van der Waals surface area contributed by atoms with Crippen LogP contribution < -0.4 is 0 Å². The molecule has 0 aromatic heterocycles. The van der Waals surface area contributed by atoms with Crippen LogP contribution in [0, 0.1) is 18.3 Å². The third-order valence-electron chi connectivity index (χ3n) is 2.54. The van der Waals surface area contributed by atoms with E-state index in [4.69, 9.17) is 5.26 Å². The van der Waals surface area contributed by atoms with Crippen LogP contribution in [0.1, 0.15) is 16.7 Å². The van der Waals surface area contributed by atoms with Gasteiger partial charge in [-0.2, -0.15) is 5.26 Å². The van der Waals surface area contributed by atoms with Crippen molar-refractivity contribution < 1.29 is 0 Å². The monoisotopic (exact) mass is 220 g/mol. The van der Waals surface area contributed by atoms with Crippen molar-refractivity contribution in [1.29, 1.82) is 5.26 Å². The maximum atomic E-state index is 8.68. The van der Waals surface area contributed by atoms with Crippen molar-refractivity contribution in [2.45, 2.75) is 6.92 Å². The first-order valence-electron chi connectivity index (χ1n) is 5.39. The van der Waals surface area contributed by atoms with Gasteiger partial charge in [0.15, 0.2) is 0 Å². The fourth-order valence-electron chi connectivity index (χ4n) is 1.50. The molecule has 0 unspecified atom stereocenters. The summed E-state index contributed by atoms with van der Waals surface area (Å²) in [6.45, 7) is 2.06. The zero-order chi connectivity index (χ0) is 12.1. The van der Waals surface area contributed by atoms with Crippen LogP contribution in [0.25, 0.3) is 0 Å². The number of benzene rings is 2. The van der Waals surface area contributed by atoms with Crippen molar-refractivity contribution in [2.24, 2.45) is 4.99 Å². The topological polar surface area (TPSA) is 36.1 Å². The van der Waals surface area contributed by atoms with Crippen LogP contribution in [-0.4, -0.2) is 6.21 Å². The van der Waals surface area contributed by atoms with Crippen LogP contribution in [0.4, 0.5) is 5.69 Å². The molecule has 2 heteroatoms. The van der Waals surface area contributed by atoms with Gasteiger partial charge >= 0.3 is 0 Å². The molecule has 0 saturated carbocycles. The number of rotatable bonds is 2. The molecule has 0 spiro atoms. The van der Waals surface area contributed by atoms with Gasteiger partial charge in [0.25, 0.3) is 0 Å². The van der Waals surface area contributed by atoms with Gasteiger partial charge in [0.05, 0.1) is 17.3 Å². The first-order valence-corrected chi connectivity index (χ1v) is 5.39. The molecule has 0 N–H and O–H groups in total. The molecule has 2 aromatic rings. The van der Waals surface area contributed by atoms with Gasteiger partial charge in [-0.3, -0.25) is 4.99 Å². The Hall–Kier alpha value is -2.40. The van der Waals surface area contributed by atoms with Crippen molar-refractivity contribution in [2.75, 3.05) is 0 Å². The summed E-state index contributed by atoms with van der Waals surface area (Å²) in [6, 6.07) is 17.4. The fraction of sp³-hybridized carbons (Fsp3) is 0.0667. The van der Waals surface area contributed by atoms with E-state index in [9.17, 15) is 0 Å². The maximum absolute atomic E-state index is 8.68. The Labute approximate surface area is 101 Å². The van der Waals surface area contributed by atoms with Crippen molar-refractivity contribution in [3.8, 4) is 6.07 Å². The van der Waals surface area contributed by atoms with Crippen LogP contribution in [0.2, 0.25) is 0 Å². The maximum Gasteiger partial charge on any atom is 0.0991 e. The second kappa shape index (κ2) is 5.09. The highest BCUT2D eigenvalue weighted by molar-refractivity contribution is 5.83. The smallest absolute Gasteiger partial charge is 0.0991 e. The highest BCUT2D eigenvalue weighted by atomic mass is 14.7. The molecule has 0 atom stereocenters. The molecule has 17 heavy (non-hydrogen) atoms. The second-order valence-electron chi connectivity index (χ2n) is 3.77. The van der Waals surface area contributed by atoms with E-state index in [-0.39, 0.29) is 0 Å². The van der Waals surface area contributed by atoms with Gasteiger partial charge in [0.1, 0.15) is 0 Å². The van der Waals surface area contributed by atoms with E-state index < -0.39 is 0 Å². The molecule has 0 bridgehead atoms. The third-order valence-corrected chi connectivity index (χ3v) is 2.54. The largest absolute Gasteiger partial charge is 0.256 e. The van der Waals surface area contributed by atoms with E-state index in [0.717, 1.165) is 11.3 Å². The molecule has 0 amide bonds. The van der Waals surface area contributed by atoms with Crippen molar-refractivity contribution in [3.63, 3.8) is 0 Å². The Morgan fingerprint density at radius 2 is 1.76 bits per heavy atom. The summed E-state index contributed by atoms with van der Waals surface area (Å²) in [4.78, 5) is 4.38. The van der Waals surface area contributed by atoms with Gasteiger partial charge < -0.3 is 0 Å². The molecule has 0 fully saturated rings. The minimum atomic E-state index is 0.653. The standard InChI is InChI=1S/C15H12N2/c1-12-4-2-3-5-14(12)11-17-15-8-6-13(10-16)7-9-15/h2-9,11H,1H3/b17-11+. The lowest BCUT2D eigenvalue weighted by atomic mass is 10.1. The molecule has 2 rings (SSSR count). The quantitative estimate of drug-likeness (QED) is 0.712. The molecule has 82 valence electrons. The summed E-state index contributed by atoms with van der Waals surface area (Å²) in [5.74, 6) is 0. The molecule has 0 aliphatic rings. The molecule has 0 saturated heterocycles. The summed E-state index contributed by atoms with van der Waals surface area (Å²) < 4.78 is 0. The zero-order valence-corrected chi connectivity index (χ0v) is 9.59. The minimum Gasteiger partial charge on any atom is -0.256 e. The third kappa shape index (κ3) is 2.79.